The van der Waals surface area contributed by atoms with Crippen LogP contribution in [-0.4, -0.2) is 19.7 Å². The minimum atomic E-state index is -0.201. The Balaban J connectivity index is 2.15. The number of hydrogen-bond acceptors (Lipinski definition) is 4. The second-order valence-corrected chi connectivity index (χ2v) is 3.89. The van der Waals surface area contributed by atoms with E-state index in [2.05, 4.69) is 15.1 Å². The summed E-state index contributed by atoms with van der Waals surface area (Å²) in [6.07, 6.45) is 4.93. The van der Waals surface area contributed by atoms with Crippen molar-refractivity contribution in [3.8, 4) is 17.1 Å². The van der Waals surface area contributed by atoms with E-state index >= 15 is 0 Å². The first kappa shape index (κ1) is 11.3. The van der Waals surface area contributed by atoms with Crippen molar-refractivity contribution in [1.29, 1.82) is 0 Å². The largest absolute Gasteiger partial charge is 0.271 e. The van der Waals surface area contributed by atoms with E-state index in [9.17, 15) is 4.79 Å². The molecule has 5 nitrogen and oxygen atoms in total. The lowest BCUT2D eigenvalue weighted by atomic mass is 10.2. The zero-order valence-electron chi connectivity index (χ0n) is 9.97. The zero-order chi connectivity index (χ0) is 13.1. The van der Waals surface area contributed by atoms with Crippen LogP contribution in [0.4, 0.5) is 0 Å². The molecule has 3 aromatic heterocycles. The van der Waals surface area contributed by atoms with Crippen LogP contribution in [0.15, 0.2) is 65.8 Å². The molecule has 3 rings (SSSR count). The summed E-state index contributed by atoms with van der Waals surface area (Å²) in [5, 5.41) is 4.31. The van der Waals surface area contributed by atoms with Gasteiger partial charge in [0.15, 0.2) is 0 Å². The summed E-state index contributed by atoms with van der Waals surface area (Å²) in [6, 6.07) is 12.2. The molecule has 0 amide bonds. The molecule has 19 heavy (non-hydrogen) atoms. The molecule has 0 unspecified atom stereocenters. The first-order valence-corrected chi connectivity index (χ1v) is 5.77. The van der Waals surface area contributed by atoms with Gasteiger partial charge in [0.2, 0.25) is 0 Å². The summed E-state index contributed by atoms with van der Waals surface area (Å²) in [6.45, 7) is 0. The molecule has 3 aromatic rings. The maximum Gasteiger partial charge on any atom is 0.271 e. The molecular weight excluding hydrogens is 240 g/mol. The third kappa shape index (κ3) is 2.26. The van der Waals surface area contributed by atoms with Crippen molar-refractivity contribution in [2.45, 2.75) is 0 Å². The van der Waals surface area contributed by atoms with Gasteiger partial charge in [-0.1, -0.05) is 6.07 Å². The molecule has 0 atom stereocenters. The van der Waals surface area contributed by atoms with Crippen LogP contribution >= 0.6 is 0 Å². The SMILES string of the molecule is O=c1ccc(-c2ccccn2)nn1-c1cccnc1. The fourth-order valence-electron chi connectivity index (χ4n) is 1.73. The van der Waals surface area contributed by atoms with E-state index in [4.69, 9.17) is 0 Å². The zero-order valence-corrected chi connectivity index (χ0v) is 9.97. The Morgan fingerprint density at radius 1 is 0.895 bits per heavy atom. The van der Waals surface area contributed by atoms with E-state index in [-0.39, 0.29) is 5.56 Å². The highest BCUT2D eigenvalue weighted by atomic mass is 16.1. The van der Waals surface area contributed by atoms with Crippen LogP contribution in [0.25, 0.3) is 17.1 Å². The highest BCUT2D eigenvalue weighted by Crippen LogP contribution is 2.11. The van der Waals surface area contributed by atoms with E-state index in [1.54, 1.807) is 36.8 Å². The Morgan fingerprint density at radius 3 is 2.58 bits per heavy atom. The summed E-state index contributed by atoms with van der Waals surface area (Å²) < 4.78 is 1.32. The normalized spacial score (nSPS) is 10.3. The molecule has 0 aliphatic carbocycles. The van der Waals surface area contributed by atoms with Crippen LogP contribution in [0.2, 0.25) is 0 Å². The van der Waals surface area contributed by atoms with E-state index in [0.29, 0.717) is 11.4 Å². The molecule has 0 radical (unpaired) electrons. The molecule has 92 valence electrons. The second-order valence-electron chi connectivity index (χ2n) is 3.89. The highest BCUT2D eigenvalue weighted by molar-refractivity contribution is 5.52. The van der Waals surface area contributed by atoms with Gasteiger partial charge < -0.3 is 0 Å². The summed E-state index contributed by atoms with van der Waals surface area (Å²) in [5.41, 5.74) is 1.79. The van der Waals surface area contributed by atoms with Crippen molar-refractivity contribution in [3.05, 3.63) is 71.4 Å². The van der Waals surface area contributed by atoms with Crippen LogP contribution in [-0.2, 0) is 0 Å². The number of hydrogen-bond donors (Lipinski definition) is 0. The van der Waals surface area contributed by atoms with E-state index in [1.807, 2.05) is 18.2 Å². The van der Waals surface area contributed by atoms with Crippen LogP contribution in [0.1, 0.15) is 0 Å². The third-order valence-electron chi connectivity index (χ3n) is 2.62. The molecule has 0 N–H and O–H groups in total. The van der Waals surface area contributed by atoms with Crippen LogP contribution in [0.3, 0.4) is 0 Å². The lowest BCUT2D eigenvalue weighted by molar-refractivity contribution is 0.806. The average molecular weight is 250 g/mol. The molecule has 0 aliphatic heterocycles. The molecule has 0 spiro atoms. The fraction of sp³-hybridized carbons (Fsp3) is 0. The van der Waals surface area contributed by atoms with Gasteiger partial charge in [0.25, 0.3) is 5.56 Å². The Bertz CT molecular complexity index is 738. The number of nitrogens with zero attached hydrogens (tertiary/aromatic N) is 4. The molecule has 0 aromatic carbocycles. The van der Waals surface area contributed by atoms with Gasteiger partial charge in [-0.25, -0.2) is 0 Å². The molecule has 0 saturated heterocycles. The smallest absolute Gasteiger partial charge is 0.267 e. The fourth-order valence-corrected chi connectivity index (χ4v) is 1.73. The standard InChI is InChI=1S/C14H10N4O/c19-14-7-6-13(12-5-1-2-9-16-12)17-18(14)11-4-3-8-15-10-11/h1-10H. The summed E-state index contributed by atoms with van der Waals surface area (Å²) in [5.74, 6) is 0. The summed E-state index contributed by atoms with van der Waals surface area (Å²) in [7, 11) is 0. The van der Waals surface area contributed by atoms with Crippen molar-refractivity contribution in [2.75, 3.05) is 0 Å². The van der Waals surface area contributed by atoms with Crippen LogP contribution in [0.5, 0.6) is 0 Å². The van der Waals surface area contributed by atoms with Gasteiger partial charge in [-0.15, -0.1) is 0 Å². The first-order chi connectivity index (χ1) is 9.34. The molecule has 0 saturated carbocycles. The minimum Gasteiger partial charge on any atom is -0.267 e. The molecule has 0 aliphatic rings. The molecule has 3 heterocycles. The molecule has 0 bridgehead atoms. The Kier molecular flexibility index (Phi) is 2.86. The van der Waals surface area contributed by atoms with Gasteiger partial charge in [0.1, 0.15) is 5.69 Å². The van der Waals surface area contributed by atoms with Gasteiger partial charge in [-0.3, -0.25) is 14.8 Å². The topological polar surface area (TPSA) is 60.7 Å². The monoisotopic (exact) mass is 250 g/mol. The quantitative estimate of drug-likeness (QED) is 0.694. The van der Waals surface area contributed by atoms with Crippen molar-refractivity contribution < 1.29 is 0 Å². The highest BCUT2D eigenvalue weighted by Gasteiger charge is 2.05. The predicted octanol–water partition coefficient (Wildman–Crippen LogP) is 1.69. The number of pyridine rings is 2. The summed E-state index contributed by atoms with van der Waals surface area (Å²) in [4.78, 5) is 20.1. The number of aromatic nitrogens is 4. The Morgan fingerprint density at radius 2 is 1.84 bits per heavy atom. The average Bonchev–Trinajstić information content (AvgIpc) is 2.49. The molecule has 5 heteroatoms. The first-order valence-electron chi connectivity index (χ1n) is 5.77. The third-order valence-corrected chi connectivity index (χ3v) is 2.62. The van der Waals surface area contributed by atoms with Crippen LogP contribution in [0, 0.1) is 0 Å². The maximum atomic E-state index is 11.9. The summed E-state index contributed by atoms with van der Waals surface area (Å²) >= 11 is 0. The van der Waals surface area contributed by atoms with Gasteiger partial charge in [-0.2, -0.15) is 9.78 Å². The van der Waals surface area contributed by atoms with Gasteiger partial charge >= 0.3 is 0 Å². The molecular formula is C14H10N4O. The van der Waals surface area contributed by atoms with Crippen molar-refractivity contribution in [1.82, 2.24) is 19.7 Å². The lowest BCUT2D eigenvalue weighted by Crippen LogP contribution is -2.20. The Hall–Kier alpha value is -2.82. The van der Waals surface area contributed by atoms with Gasteiger partial charge in [0.05, 0.1) is 17.6 Å². The van der Waals surface area contributed by atoms with E-state index in [0.717, 1.165) is 5.69 Å². The second kappa shape index (κ2) is 4.81. The van der Waals surface area contributed by atoms with E-state index < -0.39 is 0 Å². The van der Waals surface area contributed by atoms with E-state index in [1.165, 1.54) is 10.7 Å². The van der Waals surface area contributed by atoms with Crippen molar-refractivity contribution >= 4 is 0 Å². The lowest BCUT2D eigenvalue weighted by Gasteiger charge is -2.05. The minimum absolute atomic E-state index is 0.201. The van der Waals surface area contributed by atoms with Gasteiger partial charge in [-0.05, 0) is 30.3 Å². The number of rotatable bonds is 2. The predicted molar refractivity (Wildman–Crippen MR) is 70.9 cm³/mol. The maximum absolute atomic E-state index is 11.9. The Labute approximate surface area is 109 Å². The van der Waals surface area contributed by atoms with Gasteiger partial charge in [0, 0.05) is 18.5 Å². The van der Waals surface area contributed by atoms with Crippen molar-refractivity contribution in [2.24, 2.45) is 0 Å². The van der Waals surface area contributed by atoms with Crippen molar-refractivity contribution in [3.63, 3.8) is 0 Å². The van der Waals surface area contributed by atoms with Crippen LogP contribution < -0.4 is 5.56 Å². The molecule has 0 fully saturated rings.